The molecule has 0 atom stereocenters. The van der Waals surface area contributed by atoms with E-state index in [1.54, 1.807) is 7.11 Å². The first-order valence-electron chi connectivity index (χ1n) is 4.19. The van der Waals surface area contributed by atoms with Crippen LogP contribution >= 0.6 is 0 Å². The van der Waals surface area contributed by atoms with Crippen LogP contribution < -0.4 is 9.47 Å². The van der Waals surface area contributed by atoms with Crippen LogP contribution in [0.5, 0.6) is 11.5 Å². The SMILES string of the molecule is COc1cc(C)cc2c1OCOC2. The molecule has 2 rings (SSSR count). The molecule has 0 radical (unpaired) electrons. The van der Waals surface area contributed by atoms with Crippen LogP contribution in [0, 0.1) is 6.92 Å². The van der Waals surface area contributed by atoms with Crippen molar-refractivity contribution >= 4 is 0 Å². The van der Waals surface area contributed by atoms with Crippen molar-refractivity contribution < 1.29 is 14.2 Å². The number of ether oxygens (including phenoxy) is 3. The summed E-state index contributed by atoms with van der Waals surface area (Å²) in [5, 5.41) is 0. The van der Waals surface area contributed by atoms with E-state index in [1.165, 1.54) is 0 Å². The Morgan fingerprint density at radius 3 is 3.00 bits per heavy atom. The third kappa shape index (κ3) is 1.47. The summed E-state index contributed by atoms with van der Waals surface area (Å²) in [5.74, 6) is 1.61. The zero-order chi connectivity index (χ0) is 9.26. The van der Waals surface area contributed by atoms with Gasteiger partial charge in [-0.05, 0) is 24.6 Å². The van der Waals surface area contributed by atoms with Gasteiger partial charge in [-0.1, -0.05) is 0 Å². The van der Waals surface area contributed by atoms with Gasteiger partial charge in [0.2, 0.25) is 0 Å². The van der Waals surface area contributed by atoms with Gasteiger partial charge in [0.05, 0.1) is 13.7 Å². The van der Waals surface area contributed by atoms with Gasteiger partial charge < -0.3 is 14.2 Å². The molecule has 0 unspecified atom stereocenters. The van der Waals surface area contributed by atoms with Gasteiger partial charge in [0.15, 0.2) is 18.3 Å². The van der Waals surface area contributed by atoms with Crippen LogP contribution in [0.15, 0.2) is 12.1 Å². The molecule has 70 valence electrons. The van der Waals surface area contributed by atoms with Crippen molar-refractivity contribution in [3.8, 4) is 11.5 Å². The molecule has 1 aliphatic rings. The summed E-state index contributed by atoms with van der Waals surface area (Å²) in [6.45, 7) is 2.94. The van der Waals surface area contributed by atoms with E-state index in [0.29, 0.717) is 13.4 Å². The van der Waals surface area contributed by atoms with Crippen molar-refractivity contribution in [2.45, 2.75) is 13.5 Å². The second-order valence-electron chi connectivity index (χ2n) is 3.07. The van der Waals surface area contributed by atoms with E-state index in [2.05, 4.69) is 6.07 Å². The minimum Gasteiger partial charge on any atom is -0.493 e. The fraction of sp³-hybridized carbons (Fsp3) is 0.400. The van der Waals surface area contributed by atoms with Gasteiger partial charge in [-0.25, -0.2) is 0 Å². The summed E-state index contributed by atoms with van der Waals surface area (Å²) in [7, 11) is 1.65. The number of hydrogen-bond acceptors (Lipinski definition) is 3. The molecule has 1 aromatic rings. The minimum absolute atomic E-state index is 0.312. The van der Waals surface area contributed by atoms with Crippen molar-refractivity contribution in [3.05, 3.63) is 23.3 Å². The summed E-state index contributed by atoms with van der Waals surface area (Å²) in [4.78, 5) is 0. The highest BCUT2D eigenvalue weighted by Gasteiger charge is 2.15. The summed E-state index contributed by atoms with van der Waals surface area (Å²) in [6, 6.07) is 4.02. The zero-order valence-electron chi connectivity index (χ0n) is 7.79. The summed E-state index contributed by atoms with van der Waals surface area (Å²) >= 11 is 0. The Labute approximate surface area is 77.2 Å². The van der Waals surface area contributed by atoms with Crippen molar-refractivity contribution in [2.24, 2.45) is 0 Å². The zero-order valence-corrected chi connectivity index (χ0v) is 7.79. The molecule has 0 fully saturated rings. The number of methoxy groups -OCH3 is 1. The molecule has 3 heteroatoms. The van der Waals surface area contributed by atoms with Gasteiger partial charge in [0.1, 0.15) is 0 Å². The average molecular weight is 180 g/mol. The number of fused-ring (bicyclic) bond motifs is 1. The summed E-state index contributed by atoms with van der Waals surface area (Å²) in [5.41, 5.74) is 2.22. The van der Waals surface area contributed by atoms with Gasteiger partial charge in [-0.3, -0.25) is 0 Å². The van der Waals surface area contributed by atoms with Crippen molar-refractivity contribution in [3.63, 3.8) is 0 Å². The number of hydrogen-bond donors (Lipinski definition) is 0. The van der Waals surface area contributed by atoms with Crippen LogP contribution in [0.3, 0.4) is 0 Å². The lowest BCUT2D eigenvalue weighted by Gasteiger charge is -2.20. The Bertz CT molecular complexity index is 303. The molecule has 13 heavy (non-hydrogen) atoms. The molecular weight excluding hydrogens is 168 g/mol. The van der Waals surface area contributed by atoms with E-state index in [0.717, 1.165) is 22.6 Å². The minimum atomic E-state index is 0.312. The maximum Gasteiger partial charge on any atom is 0.189 e. The lowest BCUT2D eigenvalue weighted by atomic mass is 10.1. The second-order valence-corrected chi connectivity index (χ2v) is 3.07. The van der Waals surface area contributed by atoms with Gasteiger partial charge in [-0.2, -0.15) is 0 Å². The molecule has 0 aromatic heterocycles. The molecule has 0 spiro atoms. The Hall–Kier alpha value is -1.22. The van der Waals surface area contributed by atoms with Crippen molar-refractivity contribution in [1.82, 2.24) is 0 Å². The molecule has 0 bridgehead atoms. The molecule has 0 saturated carbocycles. The van der Waals surface area contributed by atoms with Gasteiger partial charge in [0, 0.05) is 5.56 Å². The topological polar surface area (TPSA) is 27.7 Å². The van der Waals surface area contributed by atoms with Crippen LogP contribution in [-0.4, -0.2) is 13.9 Å². The quantitative estimate of drug-likeness (QED) is 0.660. The van der Waals surface area contributed by atoms with E-state index in [9.17, 15) is 0 Å². The van der Waals surface area contributed by atoms with Crippen molar-refractivity contribution in [1.29, 1.82) is 0 Å². The van der Waals surface area contributed by atoms with Crippen LogP contribution in [-0.2, 0) is 11.3 Å². The molecule has 0 aliphatic carbocycles. The Kier molecular flexibility index (Phi) is 2.10. The Balaban J connectivity index is 2.50. The summed E-state index contributed by atoms with van der Waals surface area (Å²) in [6.07, 6.45) is 0. The molecule has 0 N–H and O–H groups in total. The number of benzene rings is 1. The first kappa shape index (κ1) is 8.38. The predicted molar refractivity (Wildman–Crippen MR) is 48.0 cm³/mol. The number of aryl methyl sites for hydroxylation is 1. The summed E-state index contributed by atoms with van der Waals surface area (Å²) < 4.78 is 15.7. The molecule has 1 heterocycles. The molecular formula is C10H12O3. The standard InChI is InChI=1S/C10H12O3/c1-7-3-8-5-12-6-13-10(8)9(4-7)11-2/h3-4H,5-6H2,1-2H3. The third-order valence-electron chi connectivity index (χ3n) is 2.04. The lowest BCUT2D eigenvalue weighted by Crippen LogP contribution is -2.12. The Morgan fingerprint density at radius 2 is 2.23 bits per heavy atom. The maximum atomic E-state index is 5.35. The van der Waals surface area contributed by atoms with Gasteiger partial charge in [0.25, 0.3) is 0 Å². The largest absolute Gasteiger partial charge is 0.493 e. The molecule has 3 nitrogen and oxygen atoms in total. The Morgan fingerprint density at radius 1 is 1.38 bits per heavy atom. The highest BCUT2D eigenvalue weighted by Crippen LogP contribution is 2.35. The first-order valence-corrected chi connectivity index (χ1v) is 4.19. The van der Waals surface area contributed by atoms with Crippen LogP contribution in [0.2, 0.25) is 0 Å². The van der Waals surface area contributed by atoms with Gasteiger partial charge in [-0.15, -0.1) is 0 Å². The average Bonchev–Trinajstić information content (AvgIpc) is 2.16. The van der Waals surface area contributed by atoms with E-state index >= 15 is 0 Å². The van der Waals surface area contributed by atoms with Gasteiger partial charge >= 0.3 is 0 Å². The monoisotopic (exact) mass is 180 g/mol. The highest BCUT2D eigenvalue weighted by molar-refractivity contribution is 5.49. The van der Waals surface area contributed by atoms with E-state index < -0.39 is 0 Å². The fourth-order valence-corrected chi connectivity index (χ4v) is 1.49. The lowest BCUT2D eigenvalue weighted by molar-refractivity contribution is -0.0180. The molecule has 1 aliphatic heterocycles. The molecule has 0 amide bonds. The van der Waals surface area contributed by atoms with E-state index in [4.69, 9.17) is 14.2 Å². The second kappa shape index (κ2) is 3.26. The van der Waals surface area contributed by atoms with Crippen LogP contribution in [0.25, 0.3) is 0 Å². The van der Waals surface area contributed by atoms with E-state index in [-0.39, 0.29) is 0 Å². The fourth-order valence-electron chi connectivity index (χ4n) is 1.49. The number of rotatable bonds is 1. The first-order chi connectivity index (χ1) is 6.31. The maximum absolute atomic E-state index is 5.35. The third-order valence-corrected chi connectivity index (χ3v) is 2.04. The van der Waals surface area contributed by atoms with E-state index in [1.807, 2.05) is 13.0 Å². The van der Waals surface area contributed by atoms with Crippen LogP contribution in [0.1, 0.15) is 11.1 Å². The smallest absolute Gasteiger partial charge is 0.189 e. The van der Waals surface area contributed by atoms with Crippen molar-refractivity contribution in [2.75, 3.05) is 13.9 Å². The molecule has 0 saturated heterocycles. The normalized spacial score (nSPS) is 14.6. The van der Waals surface area contributed by atoms with Crippen LogP contribution in [0.4, 0.5) is 0 Å². The molecule has 1 aromatic carbocycles. The highest BCUT2D eigenvalue weighted by atomic mass is 16.7. The predicted octanol–water partition coefficient (Wildman–Crippen LogP) is 1.87.